The number of rotatable bonds is 6. The highest BCUT2D eigenvalue weighted by atomic mass is 16.5. The minimum atomic E-state index is -0.190. The number of fused-ring (bicyclic) bond motifs is 1. The molecule has 1 amide bonds. The molecule has 2 aromatic carbocycles. The topological polar surface area (TPSA) is 71.2 Å². The van der Waals surface area contributed by atoms with Crippen molar-refractivity contribution in [2.24, 2.45) is 0 Å². The number of aromatic amines is 1. The minimum absolute atomic E-state index is 0.181. The van der Waals surface area contributed by atoms with Crippen LogP contribution in [0.1, 0.15) is 35.2 Å². The Hall–Kier alpha value is -3.08. The van der Waals surface area contributed by atoms with Crippen molar-refractivity contribution in [3.63, 3.8) is 0 Å². The van der Waals surface area contributed by atoms with Gasteiger partial charge in [0.15, 0.2) is 0 Å². The fourth-order valence-corrected chi connectivity index (χ4v) is 2.99. The SMILES string of the molecule is COc1ccc([C@H](C)CCNC(=O)c2c[nH]c(=O)c3ccccc23)cc1. The third kappa shape index (κ3) is 3.77. The molecule has 0 radical (unpaired) electrons. The number of benzene rings is 2. The summed E-state index contributed by atoms with van der Waals surface area (Å²) in [5.74, 6) is 0.965. The summed E-state index contributed by atoms with van der Waals surface area (Å²) in [6, 6.07) is 15.1. The van der Waals surface area contributed by atoms with Crippen molar-refractivity contribution in [2.45, 2.75) is 19.3 Å². The lowest BCUT2D eigenvalue weighted by molar-refractivity contribution is 0.0954. The van der Waals surface area contributed by atoms with Gasteiger partial charge in [0.1, 0.15) is 5.75 Å². The van der Waals surface area contributed by atoms with Gasteiger partial charge < -0.3 is 15.0 Å². The van der Waals surface area contributed by atoms with Gasteiger partial charge in [-0.15, -0.1) is 0 Å². The van der Waals surface area contributed by atoms with E-state index in [1.165, 1.54) is 11.8 Å². The molecule has 3 aromatic rings. The predicted molar refractivity (Wildman–Crippen MR) is 103 cm³/mol. The molecule has 0 aliphatic carbocycles. The van der Waals surface area contributed by atoms with Crippen LogP contribution in [0.4, 0.5) is 0 Å². The number of nitrogens with one attached hydrogen (secondary N) is 2. The predicted octanol–water partition coefficient (Wildman–Crippen LogP) is 3.46. The van der Waals surface area contributed by atoms with E-state index in [-0.39, 0.29) is 11.5 Å². The molecule has 134 valence electrons. The summed E-state index contributed by atoms with van der Waals surface area (Å²) in [5.41, 5.74) is 1.50. The van der Waals surface area contributed by atoms with Crippen LogP contribution in [-0.4, -0.2) is 24.5 Å². The number of ether oxygens (including phenoxy) is 1. The van der Waals surface area contributed by atoms with E-state index in [0.717, 1.165) is 12.2 Å². The lowest BCUT2D eigenvalue weighted by Gasteiger charge is -2.13. The van der Waals surface area contributed by atoms with Gasteiger partial charge in [0.25, 0.3) is 11.5 Å². The van der Waals surface area contributed by atoms with Crippen LogP contribution in [0.2, 0.25) is 0 Å². The van der Waals surface area contributed by atoms with E-state index in [9.17, 15) is 9.59 Å². The Kier molecular flexibility index (Phi) is 5.37. The molecule has 26 heavy (non-hydrogen) atoms. The monoisotopic (exact) mass is 350 g/mol. The number of hydrogen-bond acceptors (Lipinski definition) is 3. The van der Waals surface area contributed by atoms with Gasteiger partial charge in [0, 0.05) is 23.5 Å². The van der Waals surface area contributed by atoms with Gasteiger partial charge in [-0.25, -0.2) is 0 Å². The zero-order valence-electron chi connectivity index (χ0n) is 14.9. The largest absolute Gasteiger partial charge is 0.497 e. The highest BCUT2D eigenvalue weighted by molar-refractivity contribution is 6.06. The first-order valence-corrected chi connectivity index (χ1v) is 8.62. The lowest BCUT2D eigenvalue weighted by Crippen LogP contribution is -2.26. The quantitative estimate of drug-likeness (QED) is 0.715. The van der Waals surface area contributed by atoms with E-state index in [1.54, 1.807) is 25.3 Å². The molecule has 0 unspecified atom stereocenters. The number of methoxy groups -OCH3 is 1. The Bertz CT molecular complexity index is 961. The van der Waals surface area contributed by atoms with E-state index in [4.69, 9.17) is 4.74 Å². The first-order valence-electron chi connectivity index (χ1n) is 8.62. The zero-order chi connectivity index (χ0) is 18.5. The average Bonchev–Trinajstić information content (AvgIpc) is 2.68. The van der Waals surface area contributed by atoms with Gasteiger partial charge in [-0.3, -0.25) is 9.59 Å². The van der Waals surface area contributed by atoms with E-state index in [1.807, 2.05) is 30.3 Å². The smallest absolute Gasteiger partial charge is 0.255 e. The molecule has 0 spiro atoms. The Balaban J connectivity index is 1.64. The zero-order valence-corrected chi connectivity index (χ0v) is 14.9. The van der Waals surface area contributed by atoms with E-state index >= 15 is 0 Å². The summed E-state index contributed by atoms with van der Waals surface area (Å²) in [4.78, 5) is 27.0. The number of aromatic nitrogens is 1. The molecule has 0 saturated carbocycles. The summed E-state index contributed by atoms with van der Waals surface area (Å²) in [6.45, 7) is 2.68. The molecule has 1 heterocycles. The number of hydrogen-bond donors (Lipinski definition) is 2. The molecule has 0 aliphatic rings. The molecule has 1 aromatic heterocycles. The van der Waals surface area contributed by atoms with Crippen molar-refractivity contribution in [3.8, 4) is 5.75 Å². The number of pyridine rings is 1. The molecule has 0 aliphatic heterocycles. The van der Waals surface area contributed by atoms with Crippen molar-refractivity contribution < 1.29 is 9.53 Å². The summed E-state index contributed by atoms with van der Waals surface area (Å²) >= 11 is 0. The van der Waals surface area contributed by atoms with Crippen LogP contribution in [0.5, 0.6) is 5.75 Å². The van der Waals surface area contributed by atoms with Crippen LogP contribution >= 0.6 is 0 Å². The number of carbonyl (C=O) groups excluding carboxylic acids is 1. The Morgan fingerprint density at radius 1 is 1.12 bits per heavy atom. The second-order valence-corrected chi connectivity index (χ2v) is 6.30. The number of H-pyrrole nitrogens is 1. The Morgan fingerprint density at radius 2 is 1.81 bits per heavy atom. The van der Waals surface area contributed by atoms with Crippen molar-refractivity contribution in [1.29, 1.82) is 0 Å². The average molecular weight is 350 g/mol. The highest BCUT2D eigenvalue weighted by Crippen LogP contribution is 2.21. The standard InChI is InChI=1S/C21H22N2O3/c1-14(15-7-9-16(26-2)10-8-15)11-12-22-21(25)19-13-23-20(24)18-6-4-3-5-17(18)19/h3-10,13-14H,11-12H2,1-2H3,(H,22,25)(H,23,24)/t14-/m1/s1. The maximum atomic E-state index is 12.5. The molecular formula is C21H22N2O3. The van der Waals surface area contributed by atoms with E-state index in [2.05, 4.69) is 17.2 Å². The number of carbonyl (C=O) groups is 1. The van der Waals surface area contributed by atoms with Gasteiger partial charge in [-0.05, 0) is 36.1 Å². The first-order chi connectivity index (χ1) is 12.6. The molecular weight excluding hydrogens is 328 g/mol. The van der Waals surface area contributed by atoms with Crippen molar-refractivity contribution in [3.05, 3.63) is 76.2 Å². The van der Waals surface area contributed by atoms with E-state index < -0.39 is 0 Å². The molecule has 1 atom stereocenters. The van der Waals surface area contributed by atoms with Crippen LogP contribution in [0.25, 0.3) is 10.8 Å². The van der Waals surface area contributed by atoms with Crippen LogP contribution in [0.15, 0.2) is 59.5 Å². The highest BCUT2D eigenvalue weighted by Gasteiger charge is 2.12. The van der Waals surface area contributed by atoms with Gasteiger partial charge in [0.05, 0.1) is 12.7 Å². The van der Waals surface area contributed by atoms with Crippen LogP contribution < -0.4 is 15.6 Å². The second-order valence-electron chi connectivity index (χ2n) is 6.30. The maximum Gasteiger partial charge on any atom is 0.255 e. The number of amides is 1. The molecule has 0 fully saturated rings. The summed E-state index contributed by atoms with van der Waals surface area (Å²) in [5, 5.41) is 4.13. The maximum absolute atomic E-state index is 12.5. The molecule has 2 N–H and O–H groups in total. The van der Waals surface area contributed by atoms with Crippen LogP contribution in [-0.2, 0) is 0 Å². The summed E-state index contributed by atoms with van der Waals surface area (Å²) in [7, 11) is 1.65. The molecule has 3 rings (SSSR count). The van der Waals surface area contributed by atoms with Crippen LogP contribution in [0, 0.1) is 0 Å². The molecule has 5 nitrogen and oxygen atoms in total. The Morgan fingerprint density at radius 3 is 2.50 bits per heavy atom. The molecule has 0 bridgehead atoms. The second kappa shape index (κ2) is 7.87. The first kappa shape index (κ1) is 17.7. The van der Waals surface area contributed by atoms with Gasteiger partial charge in [0.2, 0.25) is 0 Å². The Labute approximate surface area is 152 Å². The summed E-state index contributed by atoms with van der Waals surface area (Å²) in [6.07, 6.45) is 2.30. The van der Waals surface area contributed by atoms with Crippen molar-refractivity contribution in [2.75, 3.05) is 13.7 Å². The lowest BCUT2D eigenvalue weighted by atomic mass is 9.97. The normalized spacial score (nSPS) is 11.9. The van der Waals surface area contributed by atoms with Crippen molar-refractivity contribution in [1.82, 2.24) is 10.3 Å². The molecule has 5 heteroatoms. The minimum Gasteiger partial charge on any atom is -0.497 e. The van der Waals surface area contributed by atoms with Crippen molar-refractivity contribution >= 4 is 16.7 Å². The third-order valence-electron chi connectivity index (χ3n) is 4.60. The van der Waals surface area contributed by atoms with E-state index in [0.29, 0.717) is 28.8 Å². The van der Waals surface area contributed by atoms with Gasteiger partial charge >= 0.3 is 0 Å². The van der Waals surface area contributed by atoms with Gasteiger partial charge in [-0.2, -0.15) is 0 Å². The fourth-order valence-electron chi connectivity index (χ4n) is 2.99. The summed E-state index contributed by atoms with van der Waals surface area (Å²) < 4.78 is 5.17. The van der Waals surface area contributed by atoms with Crippen LogP contribution in [0.3, 0.4) is 0 Å². The third-order valence-corrected chi connectivity index (χ3v) is 4.60. The van der Waals surface area contributed by atoms with Gasteiger partial charge in [-0.1, -0.05) is 37.3 Å². The fraction of sp³-hybridized carbons (Fsp3) is 0.238. The molecule has 0 saturated heterocycles.